The van der Waals surface area contributed by atoms with Crippen LogP contribution in [0.2, 0.25) is 0 Å². The molecule has 1 heterocycles. The fourth-order valence-electron chi connectivity index (χ4n) is 2.13. The van der Waals surface area contributed by atoms with Gasteiger partial charge in [-0.3, -0.25) is 18.9 Å². The van der Waals surface area contributed by atoms with Gasteiger partial charge in [0.05, 0.1) is 0 Å². The third-order valence-corrected chi connectivity index (χ3v) is 3.36. The minimum absolute atomic E-state index is 0.600. The van der Waals surface area contributed by atoms with Gasteiger partial charge < -0.3 is 24.1 Å². The number of aliphatic hydroxyl groups is 1. The number of esters is 3. The lowest BCUT2D eigenvalue weighted by molar-refractivity contribution is -0.289. The molecular weight excluding hydrogens is 368 g/mol. The Bertz CT molecular complexity index is 614. The predicted octanol–water partition coefficient (Wildman–Crippen LogP) is -1.68. The number of carbonyl (C=O) groups excluding carboxylic acids is 3. The third-order valence-electron chi connectivity index (χ3n) is 2.90. The highest BCUT2D eigenvalue weighted by Gasteiger charge is 2.52. The van der Waals surface area contributed by atoms with E-state index in [2.05, 4.69) is 8.92 Å². The molecule has 1 rings (SSSR count). The highest BCUT2D eigenvalue weighted by Crippen LogP contribution is 2.28. The van der Waals surface area contributed by atoms with E-state index in [-0.39, 0.29) is 0 Å². The number of carbonyl (C=O) groups is 3. The first-order valence-electron chi connectivity index (χ1n) is 6.87. The van der Waals surface area contributed by atoms with Crippen LogP contribution in [0.1, 0.15) is 20.8 Å². The minimum atomic E-state index is -5.07. The highest BCUT2D eigenvalue weighted by atomic mass is 32.3. The van der Waals surface area contributed by atoms with Gasteiger partial charge in [-0.1, -0.05) is 0 Å². The molecule has 25 heavy (non-hydrogen) atoms. The van der Waals surface area contributed by atoms with E-state index in [9.17, 15) is 27.9 Å². The molecule has 1 aliphatic heterocycles. The molecule has 1 fully saturated rings. The Morgan fingerprint density at radius 1 is 0.960 bits per heavy atom. The summed E-state index contributed by atoms with van der Waals surface area (Å²) < 4.78 is 54.9. The average molecular weight is 386 g/mol. The smallest absolute Gasteiger partial charge is 0.397 e. The van der Waals surface area contributed by atoms with Gasteiger partial charge in [-0.05, 0) is 0 Å². The molecule has 0 unspecified atom stereocenters. The summed E-state index contributed by atoms with van der Waals surface area (Å²) in [4.78, 5) is 33.4. The van der Waals surface area contributed by atoms with Crippen molar-refractivity contribution in [3.05, 3.63) is 0 Å². The highest BCUT2D eigenvalue weighted by molar-refractivity contribution is 7.80. The summed E-state index contributed by atoms with van der Waals surface area (Å²) in [7, 11) is -5.07. The SMILES string of the molecule is CC(=O)OC[C@H]1O[C@H](O)[C@H](OC(C)=O)[C@@H](OC(C)=O)[C@@H]1OS(=O)(=O)O. The van der Waals surface area contributed by atoms with Crippen molar-refractivity contribution in [2.45, 2.75) is 51.5 Å². The fourth-order valence-corrected chi connectivity index (χ4v) is 2.64. The van der Waals surface area contributed by atoms with E-state index in [0.29, 0.717) is 0 Å². The van der Waals surface area contributed by atoms with Gasteiger partial charge in [0.25, 0.3) is 0 Å². The molecule has 12 nitrogen and oxygen atoms in total. The Labute approximate surface area is 142 Å². The van der Waals surface area contributed by atoms with Gasteiger partial charge in [-0.15, -0.1) is 0 Å². The fraction of sp³-hybridized carbons (Fsp3) is 0.750. The topological polar surface area (TPSA) is 172 Å². The predicted molar refractivity (Wildman–Crippen MR) is 75.0 cm³/mol. The van der Waals surface area contributed by atoms with Crippen LogP contribution in [0.5, 0.6) is 0 Å². The van der Waals surface area contributed by atoms with Crippen molar-refractivity contribution in [1.29, 1.82) is 0 Å². The Balaban J connectivity index is 3.20. The molecule has 0 saturated carbocycles. The van der Waals surface area contributed by atoms with Gasteiger partial charge in [0.2, 0.25) is 0 Å². The van der Waals surface area contributed by atoms with Gasteiger partial charge in [-0.2, -0.15) is 8.42 Å². The standard InChI is InChI=1S/C12H18O12S/c1-5(13)20-4-8-9(24-25(17,18)19)10(21-6(2)14)11(12(16)23-8)22-7(3)15/h8-12,16H,4H2,1-3H3,(H,17,18,19)/t8-,9-,10+,11-,12+/m1/s1. The van der Waals surface area contributed by atoms with Crippen LogP contribution in [0, 0.1) is 0 Å². The third kappa shape index (κ3) is 6.91. The normalized spacial score (nSPS) is 29.6. The summed E-state index contributed by atoms with van der Waals surface area (Å²) in [5.41, 5.74) is 0. The van der Waals surface area contributed by atoms with Gasteiger partial charge in [0.15, 0.2) is 18.5 Å². The summed E-state index contributed by atoms with van der Waals surface area (Å²) in [5.74, 6) is -2.57. The van der Waals surface area contributed by atoms with E-state index < -0.39 is 65.6 Å². The van der Waals surface area contributed by atoms with Crippen molar-refractivity contribution in [3.63, 3.8) is 0 Å². The quantitative estimate of drug-likeness (QED) is 0.302. The molecule has 2 N–H and O–H groups in total. The van der Waals surface area contributed by atoms with E-state index in [0.717, 1.165) is 20.8 Å². The van der Waals surface area contributed by atoms with Crippen LogP contribution in [0.3, 0.4) is 0 Å². The summed E-state index contributed by atoms with van der Waals surface area (Å²) in [5, 5.41) is 9.95. The summed E-state index contributed by atoms with van der Waals surface area (Å²) >= 11 is 0. The van der Waals surface area contributed by atoms with E-state index >= 15 is 0 Å². The first-order valence-corrected chi connectivity index (χ1v) is 8.24. The van der Waals surface area contributed by atoms with E-state index in [4.69, 9.17) is 18.8 Å². The van der Waals surface area contributed by atoms with Crippen LogP contribution in [0.15, 0.2) is 0 Å². The molecule has 0 aromatic carbocycles. The number of hydrogen-bond acceptors (Lipinski definition) is 11. The maximum Gasteiger partial charge on any atom is 0.397 e. The van der Waals surface area contributed by atoms with Gasteiger partial charge >= 0.3 is 28.3 Å². The number of hydrogen-bond donors (Lipinski definition) is 2. The first-order chi connectivity index (χ1) is 11.4. The van der Waals surface area contributed by atoms with Gasteiger partial charge in [-0.25, -0.2) is 4.18 Å². The molecule has 0 radical (unpaired) electrons. The Morgan fingerprint density at radius 2 is 1.48 bits per heavy atom. The first kappa shape index (κ1) is 21.2. The molecule has 0 bridgehead atoms. The number of aliphatic hydroxyl groups excluding tert-OH is 1. The molecule has 5 atom stereocenters. The van der Waals surface area contributed by atoms with Gasteiger partial charge in [0, 0.05) is 20.8 Å². The number of rotatable bonds is 6. The summed E-state index contributed by atoms with van der Waals surface area (Å²) in [6.45, 7) is 2.42. The van der Waals surface area contributed by atoms with E-state index in [1.807, 2.05) is 0 Å². The molecule has 144 valence electrons. The second-order valence-electron chi connectivity index (χ2n) is 5.00. The maximum atomic E-state index is 11.3. The second-order valence-corrected chi connectivity index (χ2v) is 6.05. The zero-order chi connectivity index (χ0) is 19.4. The lowest BCUT2D eigenvalue weighted by Gasteiger charge is -2.42. The Morgan fingerprint density at radius 3 is 1.92 bits per heavy atom. The molecule has 13 heteroatoms. The maximum absolute atomic E-state index is 11.3. The van der Waals surface area contributed by atoms with Gasteiger partial charge in [0.1, 0.15) is 18.8 Å². The molecule has 0 amide bonds. The van der Waals surface area contributed by atoms with Crippen molar-refractivity contribution in [1.82, 2.24) is 0 Å². The van der Waals surface area contributed by atoms with Crippen LogP contribution in [0.4, 0.5) is 0 Å². The van der Waals surface area contributed by atoms with Crippen molar-refractivity contribution >= 4 is 28.3 Å². The number of ether oxygens (including phenoxy) is 4. The zero-order valence-corrected chi connectivity index (χ0v) is 14.3. The molecule has 1 aliphatic rings. The molecule has 0 aromatic rings. The zero-order valence-electron chi connectivity index (χ0n) is 13.5. The van der Waals surface area contributed by atoms with Crippen LogP contribution in [-0.4, -0.2) is 73.3 Å². The lowest BCUT2D eigenvalue weighted by Crippen LogP contribution is -2.62. The summed E-state index contributed by atoms with van der Waals surface area (Å²) in [6.07, 6.45) is -8.41. The van der Waals surface area contributed by atoms with E-state index in [1.165, 1.54) is 0 Å². The van der Waals surface area contributed by atoms with Crippen molar-refractivity contribution < 1.29 is 55.6 Å². The van der Waals surface area contributed by atoms with Crippen molar-refractivity contribution in [2.75, 3.05) is 6.61 Å². The monoisotopic (exact) mass is 386 g/mol. The average Bonchev–Trinajstić information content (AvgIpc) is 2.41. The molecule has 1 saturated heterocycles. The largest absolute Gasteiger partial charge is 0.463 e. The Hall–Kier alpha value is -1.80. The molecule has 0 aliphatic carbocycles. The van der Waals surface area contributed by atoms with Crippen LogP contribution < -0.4 is 0 Å². The van der Waals surface area contributed by atoms with Crippen LogP contribution in [-0.2, 0) is 47.9 Å². The molecule has 0 aromatic heterocycles. The Kier molecular flexibility index (Phi) is 7.25. The second kappa shape index (κ2) is 8.53. The molecular formula is C12H18O12S. The van der Waals surface area contributed by atoms with Crippen LogP contribution >= 0.6 is 0 Å². The van der Waals surface area contributed by atoms with Crippen molar-refractivity contribution in [2.24, 2.45) is 0 Å². The summed E-state index contributed by atoms with van der Waals surface area (Å²) in [6, 6.07) is 0. The van der Waals surface area contributed by atoms with E-state index in [1.54, 1.807) is 0 Å². The minimum Gasteiger partial charge on any atom is -0.463 e. The van der Waals surface area contributed by atoms with Crippen molar-refractivity contribution in [3.8, 4) is 0 Å². The molecule has 0 spiro atoms. The van der Waals surface area contributed by atoms with Crippen LogP contribution in [0.25, 0.3) is 0 Å². The lowest BCUT2D eigenvalue weighted by atomic mass is 9.98.